The molecule has 3 aromatic rings. The zero-order chi connectivity index (χ0) is 19.2. The van der Waals surface area contributed by atoms with E-state index in [-0.39, 0.29) is 5.56 Å². The summed E-state index contributed by atoms with van der Waals surface area (Å²) < 4.78 is 2.20. The molecule has 5 nitrogen and oxygen atoms in total. The Morgan fingerprint density at radius 1 is 1.35 bits per heavy atom. The fourth-order valence-corrected chi connectivity index (χ4v) is 4.39. The molecule has 0 saturated heterocycles. The number of rotatable bonds is 4. The van der Waals surface area contributed by atoms with Crippen LogP contribution < -0.4 is 5.56 Å². The smallest absolute Gasteiger partial charge is 0.329 e. The molecule has 0 aliphatic heterocycles. The van der Waals surface area contributed by atoms with E-state index in [0.29, 0.717) is 22.5 Å². The quantitative estimate of drug-likeness (QED) is 0.651. The highest BCUT2D eigenvalue weighted by Crippen LogP contribution is 2.36. The topological polar surface area (TPSA) is 72.2 Å². The lowest BCUT2D eigenvalue weighted by Gasteiger charge is -2.25. The summed E-state index contributed by atoms with van der Waals surface area (Å²) in [4.78, 5) is 30.4. The van der Waals surface area contributed by atoms with Gasteiger partial charge < -0.3 is 5.11 Å². The summed E-state index contributed by atoms with van der Waals surface area (Å²) in [6.07, 6.45) is 0.475. The van der Waals surface area contributed by atoms with E-state index in [0.717, 1.165) is 21.2 Å². The van der Waals surface area contributed by atoms with Crippen molar-refractivity contribution in [2.45, 2.75) is 39.7 Å². The molecule has 1 N–H and O–H groups in total. The summed E-state index contributed by atoms with van der Waals surface area (Å²) in [5, 5.41) is 12.0. The van der Waals surface area contributed by atoms with Crippen molar-refractivity contribution >= 4 is 43.5 Å². The van der Waals surface area contributed by atoms with Gasteiger partial charge in [0.1, 0.15) is 16.2 Å². The number of hydrogen-bond acceptors (Lipinski definition) is 4. The minimum Gasteiger partial charge on any atom is -0.480 e. The number of fused-ring (bicyclic) bond motifs is 1. The van der Waals surface area contributed by atoms with Gasteiger partial charge in [0.05, 0.1) is 5.39 Å². The van der Waals surface area contributed by atoms with Crippen LogP contribution in [0.3, 0.4) is 0 Å². The van der Waals surface area contributed by atoms with Crippen LogP contribution in [0.2, 0.25) is 0 Å². The molecule has 0 aliphatic rings. The van der Waals surface area contributed by atoms with Gasteiger partial charge in [-0.15, -0.1) is 11.3 Å². The van der Waals surface area contributed by atoms with Crippen molar-refractivity contribution in [2.75, 3.05) is 0 Å². The first-order valence-electron chi connectivity index (χ1n) is 8.22. The van der Waals surface area contributed by atoms with Crippen molar-refractivity contribution in [1.29, 1.82) is 0 Å². The number of thiophene rings is 1. The molecule has 7 heteroatoms. The predicted octanol–water partition coefficient (Wildman–Crippen LogP) is 4.58. The van der Waals surface area contributed by atoms with E-state index in [1.807, 2.05) is 37.4 Å². The highest BCUT2D eigenvalue weighted by molar-refractivity contribution is 9.10. The molecular formula is C19H19BrN2O3S. The van der Waals surface area contributed by atoms with E-state index in [1.54, 1.807) is 0 Å². The maximum Gasteiger partial charge on any atom is 0.329 e. The van der Waals surface area contributed by atoms with Gasteiger partial charge in [0.25, 0.3) is 5.56 Å². The van der Waals surface area contributed by atoms with Crippen molar-refractivity contribution in [3.05, 3.63) is 49.8 Å². The van der Waals surface area contributed by atoms with E-state index in [1.165, 1.54) is 29.8 Å². The number of benzene rings is 1. The molecule has 3 rings (SSSR count). The summed E-state index contributed by atoms with van der Waals surface area (Å²) in [6, 6.07) is 5.94. The maximum atomic E-state index is 13.4. The van der Waals surface area contributed by atoms with E-state index < -0.39 is 11.5 Å². The van der Waals surface area contributed by atoms with Crippen molar-refractivity contribution in [3.8, 4) is 11.1 Å². The van der Waals surface area contributed by atoms with Crippen LogP contribution in [0.25, 0.3) is 21.3 Å². The monoisotopic (exact) mass is 434 g/mol. The van der Waals surface area contributed by atoms with E-state index >= 15 is 0 Å². The molecule has 0 saturated carbocycles. The second-order valence-electron chi connectivity index (χ2n) is 6.70. The number of carboxylic acid groups (broad SMARTS) is 1. The third kappa shape index (κ3) is 2.89. The molecule has 0 bridgehead atoms. The molecule has 0 aliphatic carbocycles. The highest BCUT2D eigenvalue weighted by Gasteiger charge is 2.34. The molecule has 0 fully saturated rings. The molecule has 0 amide bonds. The number of aryl methyl sites for hydroxylation is 2. The Balaban J connectivity index is 2.43. The second-order valence-corrected chi connectivity index (χ2v) is 8.41. The van der Waals surface area contributed by atoms with Gasteiger partial charge in [-0.2, -0.15) is 0 Å². The average molecular weight is 435 g/mol. The van der Waals surface area contributed by atoms with Gasteiger partial charge in [0, 0.05) is 21.8 Å². The summed E-state index contributed by atoms with van der Waals surface area (Å²) in [5.41, 5.74) is 1.05. The third-order valence-electron chi connectivity index (χ3n) is 4.49. The van der Waals surface area contributed by atoms with Crippen LogP contribution in [0.4, 0.5) is 0 Å². The molecule has 1 aromatic carbocycles. The Hall–Kier alpha value is -1.99. The molecule has 0 atom stereocenters. The number of aliphatic carboxylic acids is 1. The molecular weight excluding hydrogens is 416 g/mol. The van der Waals surface area contributed by atoms with Crippen LogP contribution in [0.15, 0.2) is 32.8 Å². The Labute approximate surface area is 163 Å². The normalized spacial score (nSPS) is 11.9. The predicted molar refractivity (Wildman–Crippen MR) is 108 cm³/mol. The second kappa shape index (κ2) is 6.63. The summed E-state index contributed by atoms with van der Waals surface area (Å²) in [6.45, 7) is 6.91. The number of carbonyl (C=O) groups is 1. The number of hydrogen-bond donors (Lipinski definition) is 1. The number of halogens is 1. The lowest BCUT2D eigenvalue weighted by Crippen LogP contribution is -2.44. The van der Waals surface area contributed by atoms with Gasteiger partial charge in [-0.3, -0.25) is 9.36 Å². The highest BCUT2D eigenvalue weighted by atomic mass is 79.9. The van der Waals surface area contributed by atoms with Crippen LogP contribution in [0.1, 0.15) is 32.2 Å². The largest absolute Gasteiger partial charge is 0.480 e. The lowest BCUT2D eigenvalue weighted by molar-refractivity contribution is -0.146. The fraction of sp³-hybridized carbons (Fsp3) is 0.316. The molecule has 0 spiro atoms. The van der Waals surface area contributed by atoms with Gasteiger partial charge in [-0.05, 0) is 32.4 Å². The van der Waals surface area contributed by atoms with Crippen molar-refractivity contribution in [1.82, 2.24) is 9.55 Å². The zero-order valence-electron chi connectivity index (χ0n) is 15.0. The van der Waals surface area contributed by atoms with Gasteiger partial charge in [0.2, 0.25) is 0 Å². The van der Waals surface area contributed by atoms with Crippen LogP contribution in [-0.2, 0) is 16.8 Å². The standard InChI is InChI=1S/C19H19BrN2O3S/c1-5-14-21-16-15(17(23)22(14)19(3,4)18(24)25)12(9-26-16)11-8-10(2)6-7-13(11)20/h6-9H,5H2,1-4H3,(H,24,25). The van der Waals surface area contributed by atoms with Gasteiger partial charge in [0.15, 0.2) is 0 Å². The molecule has 2 heterocycles. The number of nitrogens with zero attached hydrogens (tertiary/aromatic N) is 2. The first kappa shape index (κ1) is 18.8. The summed E-state index contributed by atoms with van der Waals surface area (Å²) in [5.74, 6) is -0.587. The molecule has 0 unspecified atom stereocenters. The SMILES string of the molecule is CCc1nc2scc(-c3cc(C)ccc3Br)c2c(=O)n1C(C)(C)C(=O)O. The third-order valence-corrected chi connectivity index (χ3v) is 6.05. The Bertz CT molecular complexity index is 1080. The maximum absolute atomic E-state index is 13.4. The lowest BCUT2D eigenvalue weighted by atomic mass is 10.0. The van der Waals surface area contributed by atoms with Crippen molar-refractivity contribution in [2.24, 2.45) is 0 Å². The molecule has 2 aromatic heterocycles. The summed E-state index contributed by atoms with van der Waals surface area (Å²) >= 11 is 4.95. The van der Waals surface area contributed by atoms with Gasteiger partial charge >= 0.3 is 5.97 Å². The molecule has 26 heavy (non-hydrogen) atoms. The van der Waals surface area contributed by atoms with Crippen LogP contribution >= 0.6 is 27.3 Å². The number of carboxylic acids is 1. The molecule has 136 valence electrons. The van der Waals surface area contributed by atoms with Crippen molar-refractivity contribution < 1.29 is 9.90 Å². The van der Waals surface area contributed by atoms with E-state index in [9.17, 15) is 14.7 Å². The molecule has 0 radical (unpaired) electrons. The Morgan fingerprint density at radius 2 is 2.04 bits per heavy atom. The van der Waals surface area contributed by atoms with Crippen LogP contribution in [0.5, 0.6) is 0 Å². The Morgan fingerprint density at radius 3 is 2.65 bits per heavy atom. The van der Waals surface area contributed by atoms with E-state index in [4.69, 9.17) is 0 Å². The van der Waals surface area contributed by atoms with E-state index in [2.05, 4.69) is 20.9 Å². The van der Waals surface area contributed by atoms with Crippen LogP contribution in [-0.4, -0.2) is 20.6 Å². The van der Waals surface area contributed by atoms with Gasteiger partial charge in [-0.25, -0.2) is 9.78 Å². The van der Waals surface area contributed by atoms with Crippen LogP contribution in [0, 0.1) is 6.92 Å². The zero-order valence-corrected chi connectivity index (χ0v) is 17.4. The number of aromatic nitrogens is 2. The average Bonchev–Trinajstić information content (AvgIpc) is 3.00. The minimum atomic E-state index is -1.38. The fourth-order valence-electron chi connectivity index (χ4n) is 2.99. The van der Waals surface area contributed by atoms with Crippen molar-refractivity contribution in [3.63, 3.8) is 0 Å². The first-order chi connectivity index (χ1) is 12.2. The summed E-state index contributed by atoms with van der Waals surface area (Å²) in [7, 11) is 0. The first-order valence-corrected chi connectivity index (χ1v) is 9.89. The minimum absolute atomic E-state index is 0.316. The Kier molecular flexibility index (Phi) is 4.79. The van der Waals surface area contributed by atoms with Gasteiger partial charge in [-0.1, -0.05) is 40.5 Å².